The molecule has 0 aliphatic carbocycles. The Kier molecular flexibility index (Phi) is 4.67. The highest BCUT2D eigenvalue weighted by molar-refractivity contribution is 7.92. The molecule has 2 rings (SSSR count). The summed E-state index contributed by atoms with van der Waals surface area (Å²) >= 11 is 0. The standard InChI is InChI=1S/C15H15NO5S/c1-21-14-10-6-5-9-13(14)16(11-15(17)18)22(19,20)12-7-3-2-4-8-12/h2-10H,11H2,1H3,(H,17,18). The lowest BCUT2D eigenvalue weighted by Crippen LogP contribution is -2.36. The smallest absolute Gasteiger partial charge is 0.324 e. The molecule has 7 heteroatoms. The maximum absolute atomic E-state index is 12.7. The number of nitrogens with zero attached hydrogens (tertiary/aromatic N) is 1. The quantitative estimate of drug-likeness (QED) is 0.879. The molecule has 0 bridgehead atoms. The molecule has 0 saturated carbocycles. The molecule has 0 aliphatic rings. The normalized spacial score (nSPS) is 11.0. The van der Waals surface area contributed by atoms with Crippen LogP contribution in [0.1, 0.15) is 0 Å². The van der Waals surface area contributed by atoms with E-state index in [9.17, 15) is 13.2 Å². The van der Waals surface area contributed by atoms with E-state index < -0.39 is 22.5 Å². The van der Waals surface area contributed by atoms with E-state index in [-0.39, 0.29) is 16.3 Å². The number of carbonyl (C=O) groups is 1. The minimum Gasteiger partial charge on any atom is -0.495 e. The maximum atomic E-state index is 12.7. The fourth-order valence-corrected chi connectivity index (χ4v) is 3.42. The minimum absolute atomic E-state index is 0.0159. The van der Waals surface area contributed by atoms with Gasteiger partial charge in [-0.15, -0.1) is 0 Å². The molecule has 0 fully saturated rings. The van der Waals surface area contributed by atoms with E-state index in [1.165, 1.54) is 25.3 Å². The molecule has 6 nitrogen and oxygen atoms in total. The Morgan fingerprint density at radius 1 is 1.09 bits per heavy atom. The Labute approximate surface area is 128 Å². The Morgan fingerprint density at radius 2 is 1.68 bits per heavy atom. The van der Waals surface area contributed by atoms with Crippen molar-refractivity contribution < 1.29 is 23.1 Å². The van der Waals surface area contributed by atoms with Crippen LogP contribution in [0.25, 0.3) is 0 Å². The molecule has 0 amide bonds. The van der Waals surface area contributed by atoms with E-state index in [4.69, 9.17) is 9.84 Å². The summed E-state index contributed by atoms with van der Waals surface area (Å²) in [4.78, 5) is 11.1. The second-order valence-corrected chi connectivity index (χ2v) is 6.25. The van der Waals surface area contributed by atoms with Crippen LogP contribution in [0.4, 0.5) is 5.69 Å². The fourth-order valence-electron chi connectivity index (χ4n) is 1.98. The summed E-state index contributed by atoms with van der Waals surface area (Å²) in [5.41, 5.74) is 0.177. The van der Waals surface area contributed by atoms with Gasteiger partial charge in [-0.3, -0.25) is 9.10 Å². The molecular weight excluding hydrogens is 306 g/mol. The van der Waals surface area contributed by atoms with E-state index >= 15 is 0 Å². The van der Waals surface area contributed by atoms with Crippen LogP contribution in [0.15, 0.2) is 59.5 Å². The van der Waals surface area contributed by atoms with Crippen LogP contribution in [-0.4, -0.2) is 33.1 Å². The summed E-state index contributed by atoms with van der Waals surface area (Å²) in [5, 5.41) is 9.07. The Bertz CT molecular complexity index is 759. The number of para-hydroxylation sites is 2. The molecule has 22 heavy (non-hydrogen) atoms. The molecule has 0 saturated heterocycles. The van der Waals surface area contributed by atoms with Crippen molar-refractivity contribution in [1.29, 1.82) is 0 Å². The molecule has 0 atom stereocenters. The van der Waals surface area contributed by atoms with E-state index in [1.54, 1.807) is 36.4 Å². The van der Waals surface area contributed by atoms with Crippen molar-refractivity contribution in [3.63, 3.8) is 0 Å². The Hall–Kier alpha value is -2.54. The van der Waals surface area contributed by atoms with Crippen molar-refractivity contribution >= 4 is 21.7 Å². The number of ether oxygens (including phenoxy) is 1. The van der Waals surface area contributed by atoms with Gasteiger partial charge >= 0.3 is 5.97 Å². The second-order valence-electron chi connectivity index (χ2n) is 4.39. The number of hydrogen-bond donors (Lipinski definition) is 1. The highest BCUT2D eigenvalue weighted by Crippen LogP contribution is 2.31. The molecule has 0 heterocycles. The third-order valence-corrected chi connectivity index (χ3v) is 4.74. The number of carboxylic acids is 1. The van der Waals surface area contributed by atoms with Crippen molar-refractivity contribution in [2.45, 2.75) is 4.90 Å². The molecule has 0 spiro atoms. The average molecular weight is 321 g/mol. The molecule has 0 aromatic heterocycles. The summed E-state index contributed by atoms with van der Waals surface area (Å²) in [5.74, 6) is -0.978. The number of rotatable bonds is 6. The number of sulfonamides is 1. The van der Waals surface area contributed by atoms with Gasteiger partial charge < -0.3 is 9.84 Å². The van der Waals surface area contributed by atoms with Gasteiger partial charge in [0.05, 0.1) is 17.7 Å². The van der Waals surface area contributed by atoms with Crippen molar-refractivity contribution in [2.24, 2.45) is 0 Å². The lowest BCUT2D eigenvalue weighted by Gasteiger charge is -2.24. The third-order valence-electron chi connectivity index (χ3n) is 2.96. The fraction of sp³-hybridized carbons (Fsp3) is 0.133. The van der Waals surface area contributed by atoms with Crippen molar-refractivity contribution in [3.05, 3.63) is 54.6 Å². The zero-order chi connectivity index (χ0) is 16.2. The highest BCUT2D eigenvalue weighted by atomic mass is 32.2. The number of aliphatic carboxylic acids is 1. The average Bonchev–Trinajstić information content (AvgIpc) is 2.53. The Morgan fingerprint density at radius 3 is 2.27 bits per heavy atom. The van der Waals surface area contributed by atoms with Gasteiger partial charge in [-0.25, -0.2) is 8.42 Å². The number of hydrogen-bond acceptors (Lipinski definition) is 4. The molecule has 0 unspecified atom stereocenters. The van der Waals surface area contributed by atoms with Gasteiger partial charge in [0, 0.05) is 0 Å². The molecule has 2 aromatic rings. The van der Waals surface area contributed by atoms with Crippen molar-refractivity contribution in [1.82, 2.24) is 0 Å². The van der Waals surface area contributed by atoms with E-state index in [1.807, 2.05) is 0 Å². The van der Waals surface area contributed by atoms with Crippen molar-refractivity contribution in [3.8, 4) is 5.75 Å². The zero-order valence-electron chi connectivity index (χ0n) is 11.8. The SMILES string of the molecule is COc1ccccc1N(CC(=O)O)S(=O)(=O)c1ccccc1. The molecule has 0 aliphatic heterocycles. The van der Waals surface area contributed by atoms with Gasteiger partial charge in [0.1, 0.15) is 12.3 Å². The highest BCUT2D eigenvalue weighted by Gasteiger charge is 2.28. The molecular formula is C15H15NO5S. The van der Waals surface area contributed by atoms with Crippen LogP contribution in [0.2, 0.25) is 0 Å². The predicted octanol–water partition coefficient (Wildman–Crippen LogP) is 1.98. The zero-order valence-corrected chi connectivity index (χ0v) is 12.7. The first-order valence-corrected chi connectivity index (χ1v) is 7.83. The first-order chi connectivity index (χ1) is 10.5. The van der Waals surface area contributed by atoms with Crippen molar-refractivity contribution in [2.75, 3.05) is 18.0 Å². The van der Waals surface area contributed by atoms with Crippen LogP contribution >= 0.6 is 0 Å². The number of methoxy groups -OCH3 is 1. The summed E-state index contributed by atoms with van der Waals surface area (Å²) in [6, 6.07) is 14.0. The lowest BCUT2D eigenvalue weighted by molar-refractivity contribution is -0.135. The van der Waals surface area contributed by atoms with E-state index in [0.29, 0.717) is 0 Å². The lowest BCUT2D eigenvalue weighted by atomic mass is 10.3. The third kappa shape index (κ3) is 3.20. The van der Waals surface area contributed by atoms with Crippen LogP contribution < -0.4 is 9.04 Å². The van der Waals surface area contributed by atoms with Gasteiger partial charge in [0.2, 0.25) is 0 Å². The van der Waals surface area contributed by atoms with Gasteiger partial charge in [0.25, 0.3) is 10.0 Å². The first-order valence-electron chi connectivity index (χ1n) is 6.39. The van der Waals surface area contributed by atoms with Gasteiger partial charge in [-0.05, 0) is 24.3 Å². The molecule has 2 aromatic carbocycles. The minimum atomic E-state index is -4.01. The number of benzene rings is 2. The summed E-state index contributed by atoms with van der Waals surface area (Å²) < 4.78 is 31.4. The van der Waals surface area contributed by atoms with Crippen LogP contribution in [-0.2, 0) is 14.8 Å². The van der Waals surface area contributed by atoms with Gasteiger partial charge in [-0.2, -0.15) is 0 Å². The monoisotopic (exact) mass is 321 g/mol. The summed E-state index contributed by atoms with van der Waals surface area (Å²) in [6.45, 7) is -0.697. The van der Waals surface area contributed by atoms with Gasteiger partial charge in [-0.1, -0.05) is 30.3 Å². The number of carboxylic acid groups (broad SMARTS) is 1. The molecule has 0 radical (unpaired) electrons. The van der Waals surface area contributed by atoms with Crippen LogP contribution in [0.3, 0.4) is 0 Å². The van der Waals surface area contributed by atoms with Crippen LogP contribution in [0, 0.1) is 0 Å². The number of anilines is 1. The van der Waals surface area contributed by atoms with E-state index in [2.05, 4.69) is 0 Å². The van der Waals surface area contributed by atoms with Gasteiger partial charge in [0.15, 0.2) is 0 Å². The topological polar surface area (TPSA) is 83.9 Å². The second kappa shape index (κ2) is 6.48. The first kappa shape index (κ1) is 15.8. The summed E-state index contributed by atoms with van der Waals surface area (Å²) in [6.07, 6.45) is 0. The predicted molar refractivity (Wildman–Crippen MR) is 81.6 cm³/mol. The van der Waals surface area contributed by atoms with Crippen LogP contribution in [0.5, 0.6) is 5.75 Å². The summed E-state index contributed by atoms with van der Waals surface area (Å²) in [7, 11) is -2.61. The largest absolute Gasteiger partial charge is 0.495 e. The Balaban J connectivity index is 2.58. The maximum Gasteiger partial charge on any atom is 0.324 e. The van der Waals surface area contributed by atoms with E-state index in [0.717, 1.165) is 4.31 Å². The molecule has 1 N–H and O–H groups in total. The molecule has 116 valence electrons.